The summed E-state index contributed by atoms with van der Waals surface area (Å²) in [5.74, 6) is -0.564. The minimum absolute atomic E-state index is 0.0115. The summed E-state index contributed by atoms with van der Waals surface area (Å²) in [4.78, 5) is 17.1. The molecule has 1 heterocycles. The van der Waals surface area contributed by atoms with Crippen molar-refractivity contribution in [1.82, 2.24) is 14.9 Å². The highest BCUT2D eigenvalue weighted by molar-refractivity contribution is 6.39. The van der Waals surface area contributed by atoms with E-state index in [0.717, 1.165) is 12.8 Å². The molecule has 3 aromatic rings. The molecular weight excluding hydrogens is 414 g/mol. The van der Waals surface area contributed by atoms with Crippen LogP contribution in [0, 0.1) is 11.2 Å². The molecule has 1 aliphatic carbocycles. The lowest BCUT2D eigenvalue weighted by Crippen LogP contribution is -2.48. The number of halogens is 3. The largest absolute Gasteiger partial charge is 0.349 e. The number of anilines is 2. The molecule has 2 aromatic carbocycles. The monoisotopic (exact) mass is 434 g/mol. The molecule has 8 heteroatoms. The van der Waals surface area contributed by atoms with Crippen molar-refractivity contribution in [3.63, 3.8) is 0 Å². The molecular formula is C21H21Cl2FN4O. The number of benzene rings is 2. The standard InChI is InChI=1S/C21H21Cl2FN4O/c1-21(2)9-11(10-21)25-19(29)12-7-16-17(8-15(12)24)28(3)20(26-16)27-18-13(22)5-4-6-14(18)23/h4-8,11H,9-10H2,1-3H3,(H,25,29)(H,26,27). The quantitative estimate of drug-likeness (QED) is 0.554. The zero-order valence-corrected chi connectivity index (χ0v) is 17.8. The van der Waals surface area contributed by atoms with E-state index in [9.17, 15) is 9.18 Å². The molecule has 1 amide bonds. The number of amides is 1. The Morgan fingerprint density at radius 2 is 1.90 bits per heavy atom. The molecule has 0 radical (unpaired) electrons. The van der Waals surface area contributed by atoms with Gasteiger partial charge in [-0.25, -0.2) is 9.37 Å². The van der Waals surface area contributed by atoms with Crippen LogP contribution in [-0.2, 0) is 7.05 Å². The first-order valence-electron chi connectivity index (χ1n) is 9.32. The number of carbonyl (C=O) groups excluding carboxylic acids is 1. The van der Waals surface area contributed by atoms with Crippen LogP contribution >= 0.6 is 23.2 Å². The van der Waals surface area contributed by atoms with E-state index >= 15 is 0 Å². The van der Waals surface area contributed by atoms with Crippen LogP contribution in [0.4, 0.5) is 16.0 Å². The van der Waals surface area contributed by atoms with Crippen LogP contribution in [0.5, 0.6) is 0 Å². The molecule has 29 heavy (non-hydrogen) atoms. The number of imidazole rings is 1. The molecule has 2 N–H and O–H groups in total. The fraction of sp³-hybridized carbons (Fsp3) is 0.333. The molecule has 5 nitrogen and oxygen atoms in total. The molecule has 4 rings (SSSR count). The van der Waals surface area contributed by atoms with Gasteiger partial charge in [0.15, 0.2) is 0 Å². The van der Waals surface area contributed by atoms with E-state index in [1.165, 1.54) is 12.1 Å². The Morgan fingerprint density at radius 1 is 1.24 bits per heavy atom. The van der Waals surface area contributed by atoms with Gasteiger partial charge in [0.2, 0.25) is 5.95 Å². The van der Waals surface area contributed by atoms with Crippen molar-refractivity contribution in [3.8, 4) is 0 Å². The number of fused-ring (bicyclic) bond motifs is 1. The van der Waals surface area contributed by atoms with E-state index in [0.29, 0.717) is 32.7 Å². The van der Waals surface area contributed by atoms with Gasteiger partial charge in [-0.15, -0.1) is 0 Å². The van der Waals surface area contributed by atoms with Crippen LogP contribution in [0.25, 0.3) is 11.0 Å². The Morgan fingerprint density at radius 3 is 2.52 bits per heavy atom. The third-order valence-corrected chi connectivity index (χ3v) is 5.98. The first kappa shape index (κ1) is 20.0. The summed E-state index contributed by atoms with van der Waals surface area (Å²) in [7, 11) is 1.75. The third kappa shape index (κ3) is 3.79. The van der Waals surface area contributed by atoms with Crippen LogP contribution in [0.3, 0.4) is 0 Å². The summed E-state index contributed by atoms with van der Waals surface area (Å²) in [6.45, 7) is 4.30. The Balaban J connectivity index is 1.63. The predicted molar refractivity (Wildman–Crippen MR) is 115 cm³/mol. The van der Waals surface area contributed by atoms with Crippen LogP contribution in [0.2, 0.25) is 10.0 Å². The minimum Gasteiger partial charge on any atom is -0.349 e. The maximum atomic E-state index is 14.7. The van der Waals surface area contributed by atoms with Gasteiger partial charge in [-0.3, -0.25) is 4.79 Å². The number of aromatic nitrogens is 2. The number of para-hydroxylation sites is 1. The molecule has 0 spiro atoms. The lowest BCUT2D eigenvalue weighted by Gasteiger charge is -2.42. The van der Waals surface area contributed by atoms with Crippen LogP contribution < -0.4 is 10.6 Å². The van der Waals surface area contributed by atoms with Gasteiger partial charge in [0.25, 0.3) is 5.91 Å². The molecule has 0 saturated heterocycles. The average Bonchev–Trinajstić information content (AvgIpc) is 2.91. The van der Waals surface area contributed by atoms with Crippen LogP contribution in [0.1, 0.15) is 37.0 Å². The van der Waals surface area contributed by atoms with E-state index in [1.54, 1.807) is 29.8 Å². The van der Waals surface area contributed by atoms with Gasteiger partial charge in [-0.1, -0.05) is 43.1 Å². The Hall–Kier alpha value is -2.31. The molecule has 1 aliphatic rings. The topological polar surface area (TPSA) is 59.0 Å². The lowest BCUT2D eigenvalue weighted by molar-refractivity contribution is 0.0799. The number of nitrogens with zero attached hydrogens (tertiary/aromatic N) is 2. The molecule has 0 atom stereocenters. The molecule has 0 aliphatic heterocycles. The van der Waals surface area contributed by atoms with E-state index in [-0.39, 0.29) is 17.0 Å². The molecule has 1 fully saturated rings. The number of nitrogens with one attached hydrogen (secondary N) is 2. The summed E-state index contributed by atoms with van der Waals surface area (Å²) in [6.07, 6.45) is 1.78. The maximum absolute atomic E-state index is 14.7. The van der Waals surface area contributed by atoms with Crippen LogP contribution in [0.15, 0.2) is 30.3 Å². The van der Waals surface area contributed by atoms with Gasteiger partial charge in [-0.05, 0) is 36.5 Å². The smallest absolute Gasteiger partial charge is 0.254 e. The van der Waals surface area contributed by atoms with Gasteiger partial charge in [-0.2, -0.15) is 0 Å². The molecule has 152 valence electrons. The van der Waals surface area contributed by atoms with E-state index in [2.05, 4.69) is 29.5 Å². The highest BCUT2D eigenvalue weighted by Crippen LogP contribution is 2.40. The van der Waals surface area contributed by atoms with Crippen molar-refractivity contribution in [2.24, 2.45) is 12.5 Å². The van der Waals surface area contributed by atoms with E-state index in [4.69, 9.17) is 23.2 Å². The molecule has 0 unspecified atom stereocenters. The van der Waals surface area contributed by atoms with Gasteiger partial charge < -0.3 is 15.2 Å². The molecule has 1 aromatic heterocycles. The highest BCUT2D eigenvalue weighted by atomic mass is 35.5. The van der Waals surface area contributed by atoms with Gasteiger partial charge in [0, 0.05) is 19.2 Å². The summed E-state index contributed by atoms with van der Waals surface area (Å²) in [5.41, 5.74) is 1.78. The lowest BCUT2D eigenvalue weighted by atomic mass is 9.68. The van der Waals surface area contributed by atoms with E-state index < -0.39 is 11.7 Å². The summed E-state index contributed by atoms with van der Waals surface area (Å²) >= 11 is 12.4. The normalized spacial score (nSPS) is 15.9. The summed E-state index contributed by atoms with van der Waals surface area (Å²) in [5, 5.41) is 6.88. The second kappa shape index (κ2) is 7.18. The molecule has 1 saturated carbocycles. The number of hydrogen-bond acceptors (Lipinski definition) is 3. The first-order valence-corrected chi connectivity index (χ1v) is 10.1. The SMILES string of the molecule is Cn1c(Nc2c(Cl)cccc2Cl)nc2cc(C(=O)NC3CC(C)(C)C3)c(F)cc21. The van der Waals surface area contributed by atoms with E-state index in [1.807, 2.05) is 0 Å². The maximum Gasteiger partial charge on any atom is 0.254 e. The Bertz CT molecular complexity index is 1100. The van der Waals surface area contributed by atoms with Crippen molar-refractivity contribution in [2.75, 3.05) is 5.32 Å². The average molecular weight is 435 g/mol. The second-order valence-electron chi connectivity index (χ2n) is 8.28. The van der Waals surface area contributed by atoms with Crippen molar-refractivity contribution < 1.29 is 9.18 Å². The minimum atomic E-state index is -0.584. The number of rotatable bonds is 4. The van der Waals surface area contributed by atoms with Crippen molar-refractivity contribution in [3.05, 3.63) is 51.8 Å². The highest BCUT2D eigenvalue weighted by Gasteiger charge is 2.37. The van der Waals surface area contributed by atoms with Crippen molar-refractivity contribution in [1.29, 1.82) is 0 Å². The van der Waals surface area contributed by atoms with Crippen LogP contribution in [-0.4, -0.2) is 21.5 Å². The zero-order chi connectivity index (χ0) is 20.9. The Kier molecular flexibility index (Phi) is 4.95. The second-order valence-corrected chi connectivity index (χ2v) is 9.09. The number of hydrogen-bond donors (Lipinski definition) is 2. The summed E-state index contributed by atoms with van der Waals surface area (Å²) in [6, 6.07) is 8.04. The predicted octanol–water partition coefficient (Wildman–Crippen LogP) is 5.68. The fourth-order valence-corrected chi connectivity index (χ4v) is 4.36. The van der Waals surface area contributed by atoms with Gasteiger partial charge in [0.1, 0.15) is 5.82 Å². The summed E-state index contributed by atoms with van der Waals surface area (Å²) < 4.78 is 16.4. The van der Waals surface area contributed by atoms with Crippen molar-refractivity contribution in [2.45, 2.75) is 32.7 Å². The van der Waals surface area contributed by atoms with Crippen molar-refractivity contribution >= 4 is 51.8 Å². The first-order chi connectivity index (χ1) is 13.6. The zero-order valence-electron chi connectivity index (χ0n) is 16.3. The molecule has 0 bridgehead atoms. The van der Waals surface area contributed by atoms with Gasteiger partial charge in [0.05, 0.1) is 32.3 Å². The number of aryl methyl sites for hydroxylation is 1. The van der Waals surface area contributed by atoms with Gasteiger partial charge >= 0.3 is 0 Å². The Labute approximate surface area is 178 Å². The number of carbonyl (C=O) groups is 1. The third-order valence-electron chi connectivity index (χ3n) is 5.35. The fourth-order valence-electron chi connectivity index (χ4n) is 3.87.